The van der Waals surface area contributed by atoms with Crippen LogP contribution in [0.3, 0.4) is 0 Å². The molecule has 2 heteroatoms. The first-order chi connectivity index (χ1) is 11.7. The maximum Gasteiger partial charge on any atom is 0.256 e. The quantitative estimate of drug-likeness (QED) is 0.254. The third kappa shape index (κ3) is 8.89. The minimum Gasteiger partial charge on any atom is -0.237 e. The highest BCUT2D eigenvalue weighted by atomic mass is 15.1. The number of unbranched alkanes of at least 4 members (excludes halogenated alkanes) is 12. The Morgan fingerprint density at radius 1 is 0.792 bits per heavy atom. The van der Waals surface area contributed by atoms with Gasteiger partial charge in [0.05, 0.1) is 13.1 Å². The summed E-state index contributed by atoms with van der Waals surface area (Å²) in [5, 5.41) is 0. The summed E-state index contributed by atoms with van der Waals surface area (Å²) in [4.78, 5) is 0. The Morgan fingerprint density at radius 2 is 1.25 bits per heavy atom. The fourth-order valence-electron chi connectivity index (χ4n) is 3.60. The van der Waals surface area contributed by atoms with Crippen molar-refractivity contribution in [2.24, 2.45) is 7.05 Å². The van der Waals surface area contributed by atoms with Gasteiger partial charge in [0.25, 0.3) is 5.82 Å². The zero-order valence-corrected chi connectivity index (χ0v) is 17.0. The summed E-state index contributed by atoms with van der Waals surface area (Å²) in [6, 6.07) is 0.572. The molecule has 24 heavy (non-hydrogen) atoms. The first-order valence-electron chi connectivity index (χ1n) is 10.7. The van der Waals surface area contributed by atoms with Gasteiger partial charge in [-0.05, 0) is 20.3 Å². The lowest BCUT2D eigenvalue weighted by Crippen LogP contribution is -2.32. The van der Waals surface area contributed by atoms with Crippen LogP contribution in [0.4, 0.5) is 0 Å². The summed E-state index contributed by atoms with van der Waals surface area (Å²) >= 11 is 0. The van der Waals surface area contributed by atoms with Gasteiger partial charge in [-0.1, -0.05) is 84.0 Å². The molecule has 1 rings (SSSR count). The van der Waals surface area contributed by atoms with Gasteiger partial charge in [-0.25, -0.2) is 9.13 Å². The summed E-state index contributed by atoms with van der Waals surface area (Å²) in [6.45, 7) is 6.84. The van der Waals surface area contributed by atoms with Crippen LogP contribution in [0.25, 0.3) is 0 Å². The van der Waals surface area contributed by atoms with Gasteiger partial charge in [-0.2, -0.15) is 0 Å². The van der Waals surface area contributed by atoms with Crippen LogP contribution in [0.2, 0.25) is 0 Å². The molecule has 0 bridgehead atoms. The normalized spacial score (nSPS) is 11.5. The topological polar surface area (TPSA) is 8.81 Å². The number of aromatic nitrogens is 2. The van der Waals surface area contributed by atoms with E-state index in [1.165, 1.54) is 95.7 Å². The minimum atomic E-state index is 0.572. The van der Waals surface area contributed by atoms with Gasteiger partial charge in [-0.3, -0.25) is 0 Å². The van der Waals surface area contributed by atoms with Crippen molar-refractivity contribution < 1.29 is 4.57 Å². The second kappa shape index (κ2) is 13.5. The summed E-state index contributed by atoms with van der Waals surface area (Å²) in [5.41, 5.74) is 0. The summed E-state index contributed by atoms with van der Waals surface area (Å²) in [7, 11) is 2.18. The molecular formula is C22H43N2+. The van der Waals surface area contributed by atoms with Crippen LogP contribution in [0.15, 0.2) is 12.4 Å². The van der Waals surface area contributed by atoms with E-state index in [4.69, 9.17) is 0 Å². The molecule has 0 unspecified atom stereocenters. The van der Waals surface area contributed by atoms with Gasteiger partial charge in [-0.15, -0.1) is 0 Å². The zero-order valence-electron chi connectivity index (χ0n) is 17.0. The number of imidazole rings is 1. The number of aryl methyl sites for hydroxylation is 1. The number of hydrogen-bond acceptors (Lipinski definition) is 0. The lowest BCUT2D eigenvalue weighted by atomic mass is 10.0. The Bertz CT molecular complexity index is 406. The van der Waals surface area contributed by atoms with Crippen LogP contribution in [0.1, 0.15) is 116 Å². The monoisotopic (exact) mass is 335 g/mol. The van der Waals surface area contributed by atoms with Crippen LogP contribution in [-0.2, 0) is 13.5 Å². The van der Waals surface area contributed by atoms with E-state index < -0.39 is 0 Å². The molecule has 140 valence electrons. The van der Waals surface area contributed by atoms with Gasteiger partial charge >= 0.3 is 0 Å². The summed E-state index contributed by atoms with van der Waals surface area (Å²) < 4.78 is 4.71. The SMILES string of the molecule is CCCCCCCCCCCCCCCc1n(C(C)C)cc[n+]1C. The Morgan fingerprint density at radius 3 is 1.71 bits per heavy atom. The Hall–Kier alpha value is -0.790. The summed E-state index contributed by atoms with van der Waals surface area (Å²) in [6.07, 6.45) is 24.2. The van der Waals surface area contributed by atoms with Gasteiger partial charge in [0, 0.05) is 6.42 Å². The van der Waals surface area contributed by atoms with E-state index in [9.17, 15) is 0 Å². The predicted octanol–water partition coefficient (Wildman–Crippen LogP) is 6.53. The molecule has 0 fully saturated rings. The molecule has 2 nitrogen and oxygen atoms in total. The molecule has 0 spiro atoms. The zero-order chi connectivity index (χ0) is 17.6. The van der Waals surface area contributed by atoms with Crippen molar-refractivity contribution in [3.05, 3.63) is 18.2 Å². The number of rotatable bonds is 15. The fourth-order valence-corrected chi connectivity index (χ4v) is 3.60. The van der Waals surface area contributed by atoms with Crippen molar-refractivity contribution in [1.29, 1.82) is 0 Å². The van der Waals surface area contributed by atoms with E-state index >= 15 is 0 Å². The van der Waals surface area contributed by atoms with Crippen LogP contribution in [0, 0.1) is 0 Å². The van der Waals surface area contributed by atoms with Crippen molar-refractivity contribution in [2.75, 3.05) is 0 Å². The highest BCUT2D eigenvalue weighted by Crippen LogP contribution is 2.14. The maximum atomic E-state index is 2.42. The summed E-state index contributed by atoms with van der Waals surface area (Å²) in [5.74, 6) is 1.48. The molecule has 0 amide bonds. The Kier molecular flexibility index (Phi) is 12.0. The largest absolute Gasteiger partial charge is 0.256 e. The van der Waals surface area contributed by atoms with E-state index in [0.29, 0.717) is 6.04 Å². The van der Waals surface area contributed by atoms with Gasteiger partial charge in [0.2, 0.25) is 0 Å². The Labute approximate surface area is 151 Å². The van der Waals surface area contributed by atoms with Crippen molar-refractivity contribution in [1.82, 2.24) is 4.57 Å². The second-order valence-corrected chi connectivity index (χ2v) is 7.82. The molecule has 1 aromatic rings. The molecule has 0 aromatic carbocycles. The third-order valence-corrected chi connectivity index (χ3v) is 5.22. The fraction of sp³-hybridized carbons (Fsp3) is 0.864. The minimum absolute atomic E-state index is 0.572. The van der Waals surface area contributed by atoms with Gasteiger partial charge < -0.3 is 0 Å². The molecular weight excluding hydrogens is 292 g/mol. The first-order valence-corrected chi connectivity index (χ1v) is 10.7. The first kappa shape index (κ1) is 21.3. The predicted molar refractivity (Wildman–Crippen MR) is 105 cm³/mol. The number of hydrogen-bond donors (Lipinski definition) is 0. The average Bonchev–Trinajstić information content (AvgIpc) is 2.93. The standard InChI is InChI=1S/C22H43N2/c1-5-6-7-8-9-10-11-12-13-14-15-16-17-18-22-23(4)19-20-24(22)21(2)3/h19-21H,5-18H2,1-4H3/q+1. The van der Waals surface area contributed by atoms with Crippen molar-refractivity contribution in [2.45, 2.75) is 117 Å². The van der Waals surface area contributed by atoms with Crippen molar-refractivity contribution >= 4 is 0 Å². The molecule has 1 heterocycles. The van der Waals surface area contributed by atoms with E-state index in [0.717, 1.165) is 0 Å². The third-order valence-electron chi connectivity index (χ3n) is 5.22. The number of nitrogens with zero attached hydrogens (tertiary/aromatic N) is 2. The lowest BCUT2D eigenvalue weighted by Gasteiger charge is -2.06. The molecule has 0 aliphatic carbocycles. The maximum absolute atomic E-state index is 2.42. The molecule has 0 N–H and O–H groups in total. The lowest BCUT2D eigenvalue weighted by molar-refractivity contribution is -0.679. The van der Waals surface area contributed by atoms with E-state index in [1.807, 2.05) is 0 Å². The van der Waals surface area contributed by atoms with E-state index in [1.54, 1.807) is 0 Å². The molecule has 0 aliphatic rings. The van der Waals surface area contributed by atoms with Gasteiger partial charge in [0.1, 0.15) is 12.4 Å². The van der Waals surface area contributed by atoms with E-state index in [-0.39, 0.29) is 0 Å². The van der Waals surface area contributed by atoms with Crippen LogP contribution < -0.4 is 4.57 Å². The van der Waals surface area contributed by atoms with Crippen molar-refractivity contribution in [3.63, 3.8) is 0 Å². The van der Waals surface area contributed by atoms with Crippen molar-refractivity contribution in [3.8, 4) is 0 Å². The van der Waals surface area contributed by atoms with Gasteiger partial charge in [0.15, 0.2) is 0 Å². The molecule has 0 saturated heterocycles. The highest BCUT2D eigenvalue weighted by molar-refractivity contribution is 4.86. The second-order valence-electron chi connectivity index (χ2n) is 7.82. The molecule has 0 saturated carbocycles. The molecule has 0 atom stereocenters. The molecule has 0 aliphatic heterocycles. The highest BCUT2D eigenvalue weighted by Gasteiger charge is 2.15. The van der Waals surface area contributed by atoms with E-state index in [2.05, 4.69) is 49.3 Å². The molecule has 1 aromatic heterocycles. The smallest absolute Gasteiger partial charge is 0.237 e. The Balaban J connectivity index is 1.93. The van der Waals surface area contributed by atoms with Crippen LogP contribution >= 0.6 is 0 Å². The average molecular weight is 336 g/mol. The van der Waals surface area contributed by atoms with Crippen LogP contribution in [0.5, 0.6) is 0 Å². The molecule has 0 radical (unpaired) electrons. The van der Waals surface area contributed by atoms with Crippen LogP contribution in [-0.4, -0.2) is 4.57 Å².